The molecule has 1 heterocycles. The largest absolute Gasteiger partial charge is 0.397 e. The molecule has 3 nitrogen and oxygen atoms in total. The number of nitrogens with one attached hydrogen (secondary N) is 1. The Balaban J connectivity index is 2.35. The van der Waals surface area contributed by atoms with Gasteiger partial charge in [-0.1, -0.05) is 13.3 Å². The summed E-state index contributed by atoms with van der Waals surface area (Å²) in [6, 6.07) is 7.92. The molecule has 3 N–H and O–H groups in total. The first kappa shape index (κ1) is 10.7. The van der Waals surface area contributed by atoms with E-state index in [1.54, 1.807) is 6.20 Å². The molecule has 1 aromatic carbocycles. The summed E-state index contributed by atoms with van der Waals surface area (Å²) in [6.07, 6.45) is 4.14. The van der Waals surface area contributed by atoms with Crippen LogP contribution in [0.4, 0.5) is 11.4 Å². The molecule has 0 atom stereocenters. The van der Waals surface area contributed by atoms with Crippen molar-refractivity contribution in [1.82, 2.24) is 4.98 Å². The number of anilines is 2. The lowest BCUT2D eigenvalue weighted by molar-refractivity contribution is 0.835. The van der Waals surface area contributed by atoms with Crippen molar-refractivity contribution in [3.63, 3.8) is 0 Å². The van der Waals surface area contributed by atoms with Crippen LogP contribution >= 0.6 is 0 Å². The van der Waals surface area contributed by atoms with Gasteiger partial charge in [0, 0.05) is 23.8 Å². The number of nitrogen functional groups attached to an aromatic ring is 1. The highest BCUT2D eigenvalue weighted by atomic mass is 14.9. The van der Waals surface area contributed by atoms with Gasteiger partial charge in [0.05, 0.1) is 11.2 Å². The fraction of sp³-hybridized carbons (Fsp3) is 0.308. The van der Waals surface area contributed by atoms with E-state index in [2.05, 4.69) is 17.2 Å². The van der Waals surface area contributed by atoms with E-state index in [1.807, 2.05) is 24.3 Å². The molecule has 0 spiro atoms. The topological polar surface area (TPSA) is 50.9 Å². The lowest BCUT2D eigenvalue weighted by atomic mass is 10.1. The zero-order chi connectivity index (χ0) is 11.4. The molecule has 1 aromatic heterocycles. The van der Waals surface area contributed by atoms with Crippen molar-refractivity contribution in [2.24, 2.45) is 0 Å². The van der Waals surface area contributed by atoms with Gasteiger partial charge in [0.1, 0.15) is 0 Å². The van der Waals surface area contributed by atoms with E-state index >= 15 is 0 Å². The molecule has 16 heavy (non-hydrogen) atoms. The number of hydrogen-bond acceptors (Lipinski definition) is 3. The smallest absolute Gasteiger partial charge is 0.0951 e. The molecule has 2 rings (SSSR count). The van der Waals surface area contributed by atoms with Crippen LogP contribution in [-0.4, -0.2) is 11.5 Å². The third-order valence-electron chi connectivity index (χ3n) is 2.65. The first-order valence-electron chi connectivity index (χ1n) is 5.70. The molecule has 0 saturated carbocycles. The number of nitrogens with zero attached hydrogens (tertiary/aromatic N) is 1. The van der Waals surface area contributed by atoms with E-state index in [9.17, 15) is 0 Å². The number of unbranched alkanes of at least 4 members (excludes halogenated alkanes) is 1. The minimum Gasteiger partial charge on any atom is -0.397 e. The van der Waals surface area contributed by atoms with E-state index in [0.717, 1.165) is 28.8 Å². The SMILES string of the molecule is CCCCNc1ccc(N)c2ncccc12. The summed E-state index contributed by atoms with van der Waals surface area (Å²) in [6.45, 7) is 3.18. The van der Waals surface area contributed by atoms with Crippen molar-refractivity contribution in [3.05, 3.63) is 30.5 Å². The second-order valence-corrected chi connectivity index (χ2v) is 3.88. The van der Waals surface area contributed by atoms with Gasteiger partial charge >= 0.3 is 0 Å². The Morgan fingerprint density at radius 3 is 3.00 bits per heavy atom. The van der Waals surface area contributed by atoms with Gasteiger partial charge in [-0.25, -0.2) is 0 Å². The molecule has 84 valence electrons. The monoisotopic (exact) mass is 215 g/mol. The van der Waals surface area contributed by atoms with Crippen LogP contribution in [0.3, 0.4) is 0 Å². The maximum absolute atomic E-state index is 5.89. The Kier molecular flexibility index (Phi) is 3.25. The van der Waals surface area contributed by atoms with Gasteiger partial charge in [-0.15, -0.1) is 0 Å². The van der Waals surface area contributed by atoms with Gasteiger partial charge in [0.25, 0.3) is 0 Å². The standard InChI is InChI=1S/C13H17N3/c1-2-3-8-15-12-7-6-11(14)13-10(12)5-4-9-16-13/h4-7,9,15H,2-3,8,14H2,1H3. The second-order valence-electron chi connectivity index (χ2n) is 3.88. The van der Waals surface area contributed by atoms with Crippen LogP contribution in [0.2, 0.25) is 0 Å². The number of rotatable bonds is 4. The number of hydrogen-bond donors (Lipinski definition) is 2. The molecular formula is C13H17N3. The lowest BCUT2D eigenvalue weighted by Crippen LogP contribution is -2.02. The van der Waals surface area contributed by atoms with Crippen molar-refractivity contribution >= 4 is 22.3 Å². The Bertz CT molecular complexity index is 480. The summed E-state index contributed by atoms with van der Waals surface area (Å²) < 4.78 is 0. The highest BCUT2D eigenvalue weighted by Crippen LogP contribution is 2.26. The van der Waals surface area contributed by atoms with Crippen LogP contribution in [0, 0.1) is 0 Å². The van der Waals surface area contributed by atoms with Crippen molar-refractivity contribution in [2.45, 2.75) is 19.8 Å². The summed E-state index contributed by atoms with van der Waals surface area (Å²) in [7, 11) is 0. The Morgan fingerprint density at radius 1 is 1.31 bits per heavy atom. The first-order chi connectivity index (χ1) is 7.83. The lowest BCUT2D eigenvalue weighted by Gasteiger charge is -2.10. The normalized spacial score (nSPS) is 10.6. The van der Waals surface area contributed by atoms with E-state index in [4.69, 9.17) is 5.73 Å². The van der Waals surface area contributed by atoms with Crippen molar-refractivity contribution in [1.29, 1.82) is 0 Å². The van der Waals surface area contributed by atoms with Gasteiger partial charge in [0.2, 0.25) is 0 Å². The van der Waals surface area contributed by atoms with E-state index < -0.39 is 0 Å². The molecule has 3 heteroatoms. The fourth-order valence-corrected chi connectivity index (χ4v) is 1.75. The van der Waals surface area contributed by atoms with Gasteiger partial charge in [0.15, 0.2) is 0 Å². The number of benzene rings is 1. The van der Waals surface area contributed by atoms with Gasteiger partial charge in [-0.05, 0) is 30.7 Å². The van der Waals surface area contributed by atoms with Crippen molar-refractivity contribution in [2.75, 3.05) is 17.6 Å². The second kappa shape index (κ2) is 4.84. The zero-order valence-corrected chi connectivity index (χ0v) is 9.53. The molecule has 0 unspecified atom stereocenters. The predicted molar refractivity (Wildman–Crippen MR) is 69.6 cm³/mol. The van der Waals surface area contributed by atoms with Crippen LogP contribution in [0.25, 0.3) is 10.9 Å². The maximum atomic E-state index is 5.89. The molecular weight excluding hydrogens is 198 g/mol. The third kappa shape index (κ3) is 2.08. The molecule has 0 fully saturated rings. The van der Waals surface area contributed by atoms with E-state index in [1.165, 1.54) is 12.8 Å². The highest BCUT2D eigenvalue weighted by Gasteiger charge is 2.03. The van der Waals surface area contributed by atoms with E-state index in [0.29, 0.717) is 0 Å². The van der Waals surface area contributed by atoms with Crippen molar-refractivity contribution in [3.8, 4) is 0 Å². The average molecular weight is 215 g/mol. The molecule has 0 aliphatic rings. The van der Waals surface area contributed by atoms with Crippen molar-refractivity contribution < 1.29 is 0 Å². The third-order valence-corrected chi connectivity index (χ3v) is 2.65. The summed E-state index contributed by atoms with van der Waals surface area (Å²) in [5.74, 6) is 0. The summed E-state index contributed by atoms with van der Waals surface area (Å²) in [4.78, 5) is 4.30. The zero-order valence-electron chi connectivity index (χ0n) is 9.53. The molecule has 0 amide bonds. The predicted octanol–water partition coefficient (Wildman–Crippen LogP) is 3.03. The van der Waals surface area contributed by atoms with E-state index in [-0.39, 0.29) is 0 Å². The molecule has 0 bridgehead atoms. The summed E-state index contributed by atoms with van der Waals surface area (Å²) >= 11 is 0. The number of fused-ring (bicyclic) bond motifs is 1. The van der Waals surface area contributed by atoms with Crippen LogP contribution in [0.5, 0.6) is 0 Å². The fourth-order valence-electron chi connectivity index (χ4n) is 1.75. The van der Waals surface area contributed by atoms with Crippen LogP contribution in [0.15, 0.2) is 30.5 Å². The van der Waals surface area contributed by atoms with Crippen LogP contribution < -0.4 is 11.1 Å². The molecule has 0 saturated heterocycles. The Morgan fingerprint density at radius 2 is 2.19 bits per heavy atom. The average Bonchev–Trinajstić information content (AvgIpc) is 2.33. The number of nitrogens with two attached hydrogens (primary N) is 1. The first-order valence-corrected chi connectivity index (χ1v) is 5.70. The highest BCUT2D eigenvalue weighted by molar-refractivity contribution is 5.98. The molecule has 0 aliphatic carbocycles. The summed E-state index contributed by atoms with van der Waals surface area (Å²) in [5.41, 5.74) is 8.62. The molecule has 0 aliphatic heterocycles. The quantitative estimate of drug-likeness (QED) is 0.609. The number of pyridine rings is 1. The Hall–Kier alpha value is -1.77. The van der Waals surface area contributed by atoms with Gasteiger partial charge in [-0.2, -0.15) is 0 Å². The minimum atomic E-state index is 0.733. The number of aromatic nitrogens is 1. The minimum absolute atomic E-state index is 0.733. The summed E-state index contributed by atoms with van der Waals surface area (Å²) in [5, 5.41) is 4.52. The van der Waals surface area contributed by atoms with Crippen LogP contribution in [0.1, 0.15) is 19.8 Å². The van der Waals surface area contributed by atoms with Crippen LogP contribution in [-0.2, 0) is 0 Å². The molecule has 0 radical (unpaired) electrons. The Labute approximate surface area is 95.7 Å². The van der Waals surface area contributed by atoms with Gasteiger partial charge in [-0.3, -0.25) is 4.98 Å². The molecule has 2 aromatic rings. The van der Waals surface area contributed by atoms with Gasteiger partial charge < -0.3 is 11.1 Å². The maximum Gasteiger partial charge on any atom is 0.0951 e.